The molecule has 1 amide bonds. The fourth-order valence-corrected chi connectivity index (χ4v) is 2.71. The third-order valence-corrected chi connectivity index (χ3v) is 4.03. The van der Waals surface area contributed by atoms with Gasteiger partial charge in [0.05, 0.1) is 36.9 Å². The van der Waals surface area contributed by atoms with Gasteiger partial charge in [0.25, 0.3) is 5.91 Å². The van der Waals surface area contributed by atoms with Crippen molar-refractivity contribution in [3.05, 3.63) is 90.5 Å². The lowest BCUT2D eigenvalue weighted by molar-refractivity contribution is 0.0925. The van der Waals surface area contributed by atoms with Crippen LogP contribution in [0.3, 0.4) is 0 Å². The van der Waals surface area contributed by atoms with Gasteiger partial charge in [-0.2, -0.15) is 24.9 Å². The standard InChI is InChI=1S/C19H17N7O/c27-19(17-13-22-26(24-17)16-9-5-2-6-10-16)23-18(14-25-20-11-12-21-25)15-7-3-1-4-8-15/h1-13,18H,14H2,(H,23,27). The zero-order valence-electron chi connectivity index (χ0n) is 14.4. The molecule has 0 aliphatic heterocycles. The molecule has 2 heterocycles. The number of carbonyl (C=O) groups is 1. The Hall–Kier alpha value is -3.81. The molecule has 1 N–H and O–H groups in total. The van der Waals surface area contributed by atoms with E-state index in [2.05, 4.69) is 25.7 Å². The van der Waals surface area contributed by atoms with Crippen LogP contribution in [0.15, 0.2) is 79.3 Å². The molecule has 2 aromatic carbocycles. The summed E-state index contributed by atoms with van der Waals surface area (Å²) in [5, 5.41) is 19.7. The van der Waals surface area contributed by atoms with Gasteiger partial charge in [0, 0.05) is 0 Å². The number of nitrogens with one attached hydrogen (secondary N) is 1. The van der Waals surface area contributed by atoms with Crippen LogP contribution in [0.2, 0.25) is 0 Å². The van der Waals surface area contributed by atoms with E-state index < -0.39 is 0 Å². The highest BCUT2D eigenvalue weighted by molar-refractivity contribution is 5.92. The van der Waals surface area contributed by atoms with Crippen molar-refractivity contribution in [1.82, 2.24) is 35.3 Å². The van der Waals surface area contributed by atoms with Crippen LogP contribution < -0.4 is 5.32 Å². The topological polar surface area (TPSA) is 90.5 Å². The lowest BCUT2D eigenvalue weighted by atomic mass is 10.1. The number of hydrogen-bond acceptors (Lipinski definition) is 5. The molecule has 0 spiro atoms. The maximum atomic E-state index is 12.7. The summed E-state index contributed by atoms with van der Waals surface area (Å²) in [5.41, 5.74) is 1.99. The number of hydrogen-bond donors (Lipinski definition) is 1. The van der Waals surface area contributed by atoms with Gasteiger partial charge in [-0.05, 0) is 17.7 Å². The molecule has 8 nitrogen and oxygen atoms in total. The summed E-state index contributed by atoms with van der Waals surface area (Å²) in [6, 6.07) is 18.8. The van der Waals surface area contributed by atoms with E-state index in [9.17, 15) is 4.79 Å². The van der Waals surface area contributed by atoms with Crippen LogP contribution in [0.4, 0.5) is 0 Å². The van der Waals surface area contributed by atoms with Crippen LogP contribution in [0.5, 0.6) is 0 Å². The Morgan fingerprint density at radius 2 is 1.59 bits per heavy atom. The molecule has 0 saturated carbocycles. The van der Waals surface area contributed by atoms with E-state index in [0.29, 0.717) is 6.54 Å². The van der Waals surface area contributed by atoms with E-state index in [1.807, 2.05) is 60.7 Å². The van der Waals surface area contributed by atoms with Gasteiger partial charge < -0.3 is 5.32 Å². The van der Waals surface area contributed by atoms with Crippen molar-refractivity contribution in [3.8, 4) is 5.69 Å². The second kappa shape index (κ2) is 7.61. The van der Waals surface area contributed by atoms with Crippen molar-refractivity contribution in [3.63, 3.8) is 0 Å². The Morgan fingerprint density at radius 1 is 0.926 bits per heavy atom. The van der Waals surface area contributed by atoms with Gasteiger partial charge in [0.15, 0.2) is 5.69 Å². The average Bonchev–Trinajstić information content (AvgIpc) is 3.41. The Balaban J connectivity index is 1.54. The molecule has 0 radical (unpaired) electrons. The summed E-state index contributed by atoms with van der Waals surface area (Å²) in [6.45, 7) is 0.412. The summed E-state index contributed by atoms with van der Waals surface area (Å²) < 4.78 is 0. The molecular formula is C19H17N7O. The molecule has 0 bridgehead atoms. The van der Waals surface area contributed by atoms with Gasteiger partial charge in [0.1, 0.15) is 0 Å². The van der Waals surface area contributed by atoms with Crippen LogP contribution in [0.25, 0.3) is 5.69 Å². The van der Waals surface area contributed by atoms with Crippen molar-refractivity contribution in [2.45, 2.75) is 12.6 Å². The molecule has 0 saturated heterocycles. The zero-order chi connectivity index (χ0) is 18.5. The summed E-state index contributed by atoms with van der Waals surface area (Å²) in [5.74, 6) is -0.307. The average molecular weight is 359 g/mol. The van der Waals surface area contributed by atoms with Crippen LogP contribution in [0, 0.1) is 0 Å². The lowest BCUT2D eigenvalue weighted by Gasteiger charge is -2.18. The Morgan fingerprint density at radius 3 is 2.30 bits per heavy atom. The minimum Gasteiger partial charge on any atom is -0.342 e. The highest BCUT2D eigenvalue weighted by Gasteiger charge is 2.19. The molecule has 0 aliphatic carbocycles. The van der Waals surface area contributed by atoms with E-state index in [-0.39, 0.29) is 17.6 Å². The highest BCUT2D eigenvalue weighted by Crippen LogP contribution is 2.15. The van der Waals surface area contributed by atoms with E-state index in [4.69, 9.17) is 0 Å². The first-order valence-corrected chi connectivity index (χ1v) is 8.47. The van der Waals surface area contributed by atoms with Gasteiger partial charge in [0.2, 0.25) is 0 Å². The molecule has 1 atom stereocenters. The van der Waals surface area contributed by atoms with Crippen LogP contribution in [0.1, 0.15) is 22.1 Å². The highest BCUT2D eigenvalue weighted by atomic mass is 16.2. The fraction of sp³-hybridized carbons (Fsp3) is 0.105. The maximum absolute atomic E-state index is 12.7. The summed E-state index contributed by atoms with van der Waals surface area (Å²) >= 11 is 0. The van der Waals surface area contributed by atoms with Gasteiger partial charge in [-0.3, -0.25) is 4.79 Å². The Bertz CT molecular complexity index is 997. The van der Waals surface area contributed by atoms with Crippen molar-refractivity contribution < 1.29 is 4.79 Å². The molecule has 134 valence electrons. The monoisotopic (exact) mass is 359 g/mol. The predicted octanol–water partition coefficient (Wildman–Crippen LogP) is 2.03. The first-order valence-electron chi connectivity index (χ1n) is 8.47. The second-order valence-corrected chi connectivity index (χ2v) is 5.88. The van der Waals surface area contributed by atoms with Crippen LogP contribution in [-0.4, -0.2) is 35.9 Å². The van der Waals surface area contributed by atoms with Gasteiger partial charge >= 0.3 is 0 Å². The molecule has 8 heteroatoms. The first kappa shape index (κ1) is 16.6. The van der Waals surface area contributed by atoms with Gasteiger partial charge in [-0.25, -0.2) is 0 Å². The SMILES string of the molecule is O=C(NC(Cn1nccn1)c1ccccc1)c1cnn(-c2ccccc2)n1. The van der Waals surface area contributed by atoms with Crippen molar-refractivity contribution in [2.75, 3.05) is 0 Å². The zero-order valence-corrected chi connectivity index (χ0v) is 14.4. The molecular weight excluding hydrogens is 342 g/mol. The number of nitrogens with zero attached hydrogens (tertiary/aromatic N) is 6. The van der Waals surface area contributed by atoms with E-state index in [1.54, 1.807) is 17.2 Å². The molecule has 27 heavy (non-hydrogen) atoms. The molecule has 2 aromatic heterocycles. The predicted molar refractivity (Wildman–Crippen MR) is 98.0 cm³/mol. The summed E-state index contributed by atoms with van der Waals surface area (Å²) in [4.78, 5) is 15.7. The van der Waals surface area contributed by atoms with Crippen LogP contribution >= 0.6 is 0 Å². The number of rotatable bonds is 6. The number of benzene rings is 2. The number of carbonyl (C=O) groups excluding carboxylic acids is 1. The number of para-hydroxylation sites is 1. The minimum absolute atomic E-state index is 0.244. The molecule has 4 rings (SSSR count). The number of amides is 1. The molecule has 1 unspecified atom stereocenters. The normalized spacial score (nSPS) is 11.9. The lowest BCUT2D eigenvalue weighted by Crippen LogP contribution is -2.32. The largest absolute Gasteiger partial charge is 0.342 e. The van der Waals surface area contributed by atoms with Crippen molar-refractivity contribution in [1.29, 1.82) is 0 Å². The van der Waals surface area contributed by atoms with E-state index in [0.717, 1.165) is 11.3 Å². The second-order valence-electron chi connectivity index (χ2n) is 5.88. The van der Waals surface area contributed by atoms with Crippen molar-refractivity contribution >= 4 is 5.91 Å². The summed E-state index contributed by atoms with van der Waals surface area (Å²) in [7, 11) is 0. The molecule has 0 fully saturated rings. The van der Waals surface area contributed by atoms with Crippen LogP contribution in [-0.2, 0) is 6.54 Å². The Labute approximate surface area is 155 Å². The van der Waals surface area contributed by atoms with Crippen molar-refractivity contribution in [2.24, 2.45) is 0 Å². The van der Waals surface area contributed by atoms with Gasteiger partial charge in [-0.1, -0.05) is 48.5 Å². The van der Waals surface area contributed by atoms with Gasteiger partial charge in [-0.15, -0.1) is 5.10 Å². The minimum atomic E-state index is -0.307. The maximum Gasteiger partial charge on any atom is 0.274 e. The van der Waals surface area contributed by atoms with E-state index >= 15 is 0 Å². The Kier molecular flexibility index (Phi) is 4.69. The molecule has 0 aliphatic rings. The summed E-state index contributed by atoms with van der Waals surface area (Å²) in [6.07, 6.45) is 4.67. The smallest absolute Gasteiger partial charge is 0.274 e. The quantitative estimate of drug-likeness (QED) is 0.569. The fourth-order valence-electron chi connectivity index (χ4n) is 2.71. The first-order chi connectivity index (χ1) is 13.3. The molecule has 4 aromatic rings. The number of aromatic nitrogens is 6. The third kappa shape index (κ3) is 3.90. The van der Waals surface area contributed by atoms with E-state index in [1.165, 1.54) is 11.0 Å². The third-order valence-electron chi connectivity index (χ3n) is 4.03.